The van der Waals surface area contributed by atoms with E-state index in [1.165, 1.54) is 0 Å². The van der Waals surface area contributed by atoms with Crippen molar-refractivity contribution in [2.75, 3.05) is 6.61 Å². The first-order chi connectivity index (χ1) is 10.2. The molecule has 0 fully saturated rings. The van der Waals surface area contributed by atoms with Gasteiger partial charge in [0.1, 0.15) is 12.4 Å². The highest BCUT2D eigenvalue weighted by molar-refractivity contribution is 5.39. The summed E-state index contributed by atoms with van der Waals surface area (Å²) in [5, 5.41) is 13.2. The third-order valence-corrected chi connectivity index (χ3v) is 2.88. The molecule has 0 saturated heterocycles. The van der Waals surface area contributed by atoms with E-state index in [1.807, 2.05) is 41.2 Å². The minimum Gasteiger partial charge on any atom is -0.487 e. The minimum atomic E-state index is 0.0850. The van der Waals surface area contributed by atoms with Crippen molar-refractivity contribution in [3.05, 3.63) is 47.8 Å². The zero-order valence-corrected chi connectivity index (χ0v) is 12.4. The molecule has 4 nitrogen and oxygen atoms in total. The largest absolute Gasteiger partial charge is 0.487 e. The van der Waals surface area contributed by atoms with Gasteiger partial charge < -0.3 is 9.84 Å². The lowest BCUT2D eigenvalue weighted by atomic mass is 10.2. The summed E-state index contributed by atoms with van der Waals surface area (Å²) in [5.41, 5.74) is 1.79. The molecule has 1 N–H and O–H groups in total. The Balaban J connectivity index is 1.96. The summed E-state index contributed by atoms with van der Waals surface area (Å²) in [5.74, 6) is 6.66. The van der Waals surface area contributed by atoms with Gasteiger partial charge in [-0.15, -0.1) is 0 Å². The predicted molar refractivity (Wildman–Crippen MR) is 82.0 cm³/mol. The first-order valence-electron chi connectivity index (χ1n) is 7.05. The van der Waals surface area contributed by atoms with Crippen LogP contribution >= 0.6 is 0 Å². The van der Waals surface area contributed by atoms with E-state index >= 15 is 0 Å². The number of ether oxygens (including phenoxy) is 1. The van der Waals surface area contributed by atoms with Crippen molar-refractivity contribution in [3.8, 4) is 17.6 Å². The summed E-state index contributed by atoms with van der Waals surface area (Å²) >= 11 is 0. The molecule has 1 heterocycles. The fourth-order valence-corrected chi connectivity index (χ4v) is 1.78. The molecule has 0 saturated carbocycles. The third-order valence-electron chi connectivity index (χ3n) is 2.88. The number of benzene rings is 1. The zero-order valence-electron chi connectivity index (χ0n) is 12.4. The van der Waals surface area contributed by atoms with Crippen LogP contribution in [0.15, 0.2) is 36.5 Å². The molecule has 0 spiro atoms. The van der Waals surface area contributed by atoms with Crippen LogP contribution in [0, 0.1) is 11.8 Å². The topological polar surface area (TPSA) is 47.3 Å². The van der Waals surface area contributed by atoms with Crippen LogP contribution in [0.1, 0.15) is 37.6 Å². The molecule has 4 heteroatoms. The molecule has 0 unspecified atom stereocenters. The van der Waals surface area contributed by atoms with Crippen LogP contribution in [0.5, 0.6) is 5.75 Å². The molecule has 21 heavy (non-hydrogen) atoms. The molecule has 110 valence electrons. The molecule has 0 radical (unpaired) electrons. The number of aliphatic hydroxyl groups is 1. The average molecular weight is 284 g/mol. The highest BCUT2D eigenvalue weighted by Gasteiger charge is 2.03. The Morgan fingerprint density at radius 1 is 1.33 bits per heavy atom. The molecule has 0 aliphatic heterocycles. The Morgan fingerprint density at radius 2 is 2.19 bits per heavy atom. The molecule has 0 bridgehead atoms. The number of rotatable bonds is 5. The second-order valence-corrected chi connectivity index (χ2v) is 4.97. The van der Waals surface area contributed by atoms with Gasteiger partial charge in [-0.25, -0.2) is 0 Å². The number of aliphatic hydroxyl groups excluding tert-OH is 1. The maximum Gasteiger partial charge on any atom is 0.132 e. The van der Waals surface area contributed by atoms with Gasteiger partial charge in [-0.3, -0.25) is 4.68 Å². The second-order valence-electron chi connectivity index (χ2n) is 4.97. The van der Waals surface area contributed by atoms with Crippen molar-refractivity contribution in [2.24, 2.45) is 0 Å². The fourth-order valence-electron chi connectivity index (χ4n) is 1.78. The summed E-state index contributed by atoms with van der Waals surface area (Å²) < 4.78 is 7.65. The van der Waals surface area contributed by atoms with Crippen molar-refractivity contribution in [1.29, 1.82) is 0 Å². The normalized spacial score (nSPS) is 10.3. The number of hydrogen-bond acceptors (Lipinski definition) is 3. The molecular formula is C17H20N2O2. The van der Waals surface area contributed by atoms with Crippen LogP contribution in [0.25, 0.3) is 0 Å². The van der Waals surface area contributed by atoms with Gasteiger partial charge in [-0.2, -0.15) is 5.10 Å². The Morgan fingerprint density at radius 3 is 2.90 bits per heavy atom. The number of nitrogens with zero attached hydrogens (tertiary/aromatic N) is 2. The van der Waals surface area contributed by atoms with Crippen molar-refractivity contribution in [3.63, 3.8) is 0 Å². The fraction of sp³-hybridized carbons (Fsp3) is 0.353. The molecule has 0 atom stereocenters. The first-order valence-corrected chi connectivity index (χ1v) is 7.05. The van der Waals surface area contributed by atoms with E-state index in [2.05, 4.69) is 30.8 Å². The zero-order chi connectivity index (χ0) is 15.1. The van der Waals surface area contributed by atoms with Crippen LogP contribution in [-0.4, -0.2) is 21.5 Å². The van der Waals surface area contributed by atoms with Gasteiger partial charge in [0.2, 0.25) is 0 Å². The maximum atomic E-state index is 8.71. The van der Waals surface area contributed by atoms with Crippen molar-refractivity contribution < 1.29 is 9.84 Å². The average Bonchev–Trinajstić information content (AvgIpc) is 2.95. The first kappa shape index (κ1) is 15.1. The van der Waals surface area contributed by atoms with Crippen LogP contribution < -0.4 is 4.74 Å². The van der Waals surface area contributed by atoms with E-state index in [-0.39, 0.29) is 6.61 Å². The quantitative estimate of drug-likeness (QED) is 0.859. The summed E-state index contributed by atoms with van der Waals surface area (Å²) in [6.45, 7) is 4.70. The van der Waals surface area contributed by atoms with Crippen LogP contribution in [0.4, 0.5) is 0 Å². The predicted octanol–water partition coefficient (Wildman–Crippen LogP) is 2.78. The molecule has 1 aromatic carbocycles. The van der Waals surface area contributed by atoms with E-state index in [0.717, 1.165) is 17.0 Å². The standard InChI is InChI=1S/C17H20N2O2/c1-14(2)19-10-9-16(18-19)13-21-17-8-5-7-15(12-17)6-3-4-11-20/h5,7-10,12,14,20H,4,11,13H2,1-2H3. The van der Waals surface area contributed by atoms with Crippen molar-refractivity contribution in [1.82, 2.24) is 9.78 Å². The summed E-state index contributed by atoms with van der Waals surface area (Å²) in [4.78, 5) is 0. The molecule has 2 aromatic rings. The van der Waals surface area contributed by atoms with E-state index < -0.39 is 0 Å². The minimum absolute atomic E-state index is 0.0850. The van der Waals surface area contributed by atoms with Gasteiger partial charge in [0.15, 0.2) is 0 Å². The summed E-state index contributed by atoms with van der Waals surface area (Å²) in [6.07, 6.45) is 2.44. The lowest BCUT2D eigenvalue weighted by Gasteiger charge is -2.06. The highest BCUT2D eigenvalue weighted by atomic mass is 16.5. The summed E-state index contributed by atoms with van der Waals surface area (Å²) in [7, 11) is 0. The van der Waals surface area contributed by atoms with Crippen molar-refractivity contribution >= 4 is 0 Å². The van der Waals surface area contributed by atoms with E-state index in [1.54, 1.807) is 0 Å². The number of hydrogen-bond donors (Lipinski definition) is 1. The second kappa shape index (κ2) is 7.51. The van der Waals surface area contributed by atoms with Gasteiger partial charge >= 0.3 is 0 Å². The molecular weight excluding hydrogens is 264 g/mol. The van der Waals surface area contributed by atoms with Gasteiger partial charge in [-0.05, 0) is 38.1 Å². The van der Waals surface area contributed by atoms with Gasteiger partial charge in [0, 0.05) is 24.2 Å². The molecule has 1 aromatic heterocycles. The Bertz CT molecular complexity index is 635. The smallest absolute Gasteiger partial charge is 0.132 e. The molecule has 0 amide bonds. The van der Waals surface area contributed by atoms with Crippen LogP contribution in [0.2, 0.25) is 0 Å². The Kier molecular flexibility index (Phi) is 5.42. The van der Waals surface area contributed by atoms with Crippen LogP contribution in [0.3, 0.4) is 0 Å². The van der Waals surface area contributed by atoms with Gasteiger partial charge in [0.25, 0.3) is 0 Å². The van der Waals surface area contributed by atoms with E-state index in [9.17, 15) is 0 Å². The monoisotopic (exact) mass is 284 g/mol. The summed E-state index contributed by atoms with van der Waals surface area (Å²) in [6, 6.07) is 9.94. The van der Waals surface area contributed by atoms with E-state index in [4.69, 9.17) is 9.84 Å². The SMILES string of the molecule is CC(C)n1ccc(COc2cccc(C#CCCO)c2)n1. The Labute approximate surface area is 125 Å². The lowest BCUT2D eigenvalue weighted by Crippen LogP contribution is -2.03. The van der Waals surface area contributed by atoms with Crippen LogP contribution in [-0.2, 0) is 6.61 Å². The molecule has 0 aliphatic carbocycles. The van der Waals surface area contributed by atoms with Gasteiger partial charge in [0.05, 0.1) is 12.3 Å². The Hall–Kier alpha value is -2.25. The maximum absolute atomic E-state index is 8.71. The third kappa shape index (κ3) is 4.66. The van der Waals surface area contributed by atoms with Crippen molar-refractivity contribution in [2.45, 2.75) is 32.9 Å². The molecule has 2 rings (SSSR count). The van der Waals surface area contributed by atoms with E-state index in [0.29, 0.717) is 19.1 Å². The number of aromatic nitrogens is 2. The van der Waals surface area contributed by atoms with Gasteiger partial charge in [-0.1, -0.05) is 17.9 Å². The molecule has 0 aliphatic rings. The lowest BCUT2D eigenvalue weighted by molar-refractivity contribution is 0.298. The highest BCUT2D eigenvalue weighted by Crippen LogP contribution is 2.14.